The van der Waals surface area contributed by atoms with E-state index in [2.05, 4.69) is 19.2 Å². The van der Waals surface area contributed by atoms with Crippen molar-refractivity contribution in [1.82, 2.24) is 5.32 Å². The Bertz CT molecular complexity index is 245. The van der Waals surface area contributed by atoms with Gasteiger partial charge in [0.15, 0.2) is 0 Å². The number of hydrogen-bond donors (Lipinski definition) is 1. The lowest BCUT2D eigenvalue weighted by Gasteiger charge is -2.08. The maximum atomic E-state index is 5.45. The summed E-state index contributed by atoms with van der Waals surface area (Å²) in [5.41, 5.74) is 0. The van der Waals surface area contributed by atoms with Gasteiger partial charge in [-0.05, 0) is 26.5 Å². The predicted octanol–water partition coefficient (Wildman–Crippen LogP) is 2.35. The van der Waals surface area contributed by atoms with E-state index < -0.39 is 0 Å². The van der Waals surface area contributed by atoms with Gasteiger partial charge < -0.3 is 14.5 Å². The molecule has 13 heavy (non-hydrogen) atoms. The summed E-state index contributed by atoms with van der Waals surface area (Å²) in [6.07, 6.45) is 0. The third-order valence-corrected chi connectivity index (χ3v) is 1.83. The monoisotopic (exact) mass is 183 g/mol. The zero-order valence-corrected chi connectivity index (χ0v) is 8.46. The van der Waals surface area contributed by atoms with E-state index in [1.807, 2.05) is 19.1 Å². The third-order valence-electron chi connectivity index (χ3n) is 1.83. The molecular weight excluding hydrogens is 166 g/mol. The van der Waals surface area contributed by atoms with Gasteiger partial charge in [-0.2, -0.15) is 0 Å². The van der Waals surface area contributed by atoms with Crippen LogP contribution in [0.2, 0.25) is 0 Å². The first-order valence-corrected chi connectivity index (χ1v) is 4.73. The van der Waals surface area contributed by atoms with E-state index in [1.165, 1.54) is 0 Å². The van der Waals surface area contributed by atoms with E-state index in [1.54, 1.807) is 0 Å². The van der Waals surface area contributed by atoms with Crippen molar-refractivity contribution in [1.29, 1.82) is 0 Å². The van der Waals surface area contributed by atoms with Gasteiger partial charge in [0.05, 0.1) is 12.6 Å². The average molecular weight is 183 g/mol. The molecule has 0 spiro atoms. The van der Waals surface area contributed by atoms with Crippen molar-refractivity contribution >= 4 is 0 Å². The number of hydrogen-bond acceptors (Lipinski definition) is 3. The Morgan fingerprint density at radius 3 is 2.85 bits per heavy atom. The molecule has 1 heterocycles. The highest BCUT2D eigenvalue weighted by molar-refractivity contribution is 5.14. The molecule has 3 nitrogen and oxygen atoms in total. The minimum Gasteiger partial charge on any atom is -0.465 e. The molecule has 1 aromatic rings. The topological polar surface area (TPSA) is 34.4 Å². The van der Waals surface area contributed by atoms with Gasteiger partial charge in [-0.15, -0.1) is 0 Å². The highest BCUT2D eigenvalue weighted by atomic mass is 16.6. The first-order valence-electron chi connectivity index (χ1n) is 4.73. The molecule has 1 unspecified atom stereocenters. The number of ether oxygens (including phenoxy) is 1. The van der Waals surface area contributed by atoms with Crippen LogP contribution in [0.5, 0.6) is 5.95 Å². The summed E-state index contributed by atoms with van der Waals surface area (Å²) >= 11 is 0. The smallest absolute Gasteiger partial charge is 0.284 e. The lowest BCUT2D eigenvalue weighted by atomic mass is 10.2. The van der Waals surface area contributed by atoms with Crippen LogP contribution in [-0.4, -0.2) is 13.2 Å². The lowest BCUT2D eigenvalue weighted by Crippen LogP contribution is -2.16. The second-order valence-corrected chi connectivity index (χ2v) is 2.87. The summed E-state index contributed by atoms with van der Waals surface area (Å²) in [7, 11) is 0. The summed E-state index contributed by atoms with van der Waals surface area (Å²) in [4.78, 5) is 0. The highest BCUT2D eigenvalue weighted by Gasteiger charge is 2.08. The van der Waals surface area contributed by atoms with Gasteiger partial charge in [0.1, 0.15) is 5.76 Å². The zero-order valence-electron chi connectivity index (χ0n) is 8.46. The van der Waals surface area contributed by atoms with Crippen LogP contribution in [0.1, 0.15) is 32.6 Å². The first kappa shape index (κ1) is 10.1. The van der Waals surface area contributed by atoms with Crippen molar-refractivity contribution < 1.29 is 9.15 Å². The van der Waals surface area contributed by atoms with E-state index in [4.69, 9.17) is 9.15 Å². The molecule has 0 saturated heterocycles. The molecule has 3 heteroatoms. The van der Waals surface area contributed by atoms with Gasteiger partial charge in [0.2, 0.25) is 0 Å². The lowest BCUT2D eigenvalue weighted by molar-refractivity contribution is 0.244. The first-order chi connectivity index (χ1) is 6.27. The molecule has 0 saturated carbocycles. The Morgan fingerprint density at radius 1 is 1.46 bits per heavy atom. The normalized spacial score (nSPS) is 12.8. The molecular formula is C10H17NO2. The minimum absolute atomic E-state index is 0.249. The molecule has 1 rings (SSSR count). The van der Waals surface area contributed by atoms with Gasteiger partial charge in [-0.1, -0.05) is 6.92 Å². The van der Waals surface area contributed by atoms with E-state index in [9.17, 15) is 0 Å². The molecule has 0 aliphatic heterocycles. The number of nitrogens with one attached hydrogen (secondary N) is 1. The maximum Gasteiger partial charge on any atom is 0.284 e. The Morgan fingerprint density at radius 2 is 2.23 bits per heavy atom. The predicted molar refractivity (Wildman–Crippen MR) is 52.0 cm³/mol. The quantitative estimate of drug-likeness (QED) is 0.760. The summed E-state index contributed by atoms with van der Waals surface area (Å²) in [6.45, 7) is 7.66. The van der Waals surface area contributed by atoms with Crippen molar-refractivity contribution in [3.8, 4) is 5.95 Å². The second kappa shape index (κ2) is 4.92. The molecule has 1 atom stereocenters. The second-order valence-electron chi connectivity index (χ2n) is 2.87. The van der Waals surface area contributed by atoms with Crippen molar-refractivity contribution in [3.63, 3.8) is 0 Å². The Kier molecular flexibility index (Phi) is 3.83. The molecule has 0 radical (unpaired) electrons. The van der Waals surface area contributed by atoms with Crippen LogP contribution in [0.4, 0.5) is 0 Å². The van der Waals surface area contributed by atoms with Crippen LogP contribution in [0.25, 0.3) is 0 Å². The van der Waals surface area contributed by atoms with Crippen molar-refractivity contribution in [2.75, 3.05) is 13.2 Å². The van der Waals surface area contributed by atoms with Gasteiger partial charge in [-0.3, -0.25) is 0 Å². The SMILES string of the molecule is CCNC(C)c1ccc(OCC)o1. The molecule has 1 aromatic heterocycles. The number of rotatable bonds is 5. The van der Waals surface area contributed by atoms with Crippen LogP contribution in [0.15, 0.2) is 16.5 Å². The molecule has 74 valence electrons. The molecule has 0 aliphatic rings. The van der Waals surface area contributed by atoms with E-state index in [-0.39, 0.29) is 6.04 Å². The van der Waals surface area contributed by atoms with Crippen LogP contribution in [-0.2, 0) is 0 Å². The van der Waals surface area contributed by atoms with Crippen LogP contribution < -0.4 is 10.1 Å². The van der Waals surface area contributed by atoms with Crippen LogP contribution in [0, 0.1) is 0 Å². The highest BCUT2D eigenvalue weighted by Crippen LogP contribution is 2.21. The minimum atomic E-state index is 0.249. The van der Waals surface area contributed by atoms with E-state index >= 15 is 0 Å². The molecule has 0 bridgehead atoms. The maximum absolute atomic E-state index is 5.45. The van der Waals surface area contributed by atoms with Crippen molar-refractivity contribution in [3.05, 3.63) is 17.9 Å². The van der Waals surface area contributed by atoms with Crippen molar-refractivity contribution in [2.24, 2.45) is 0 Å². The van der Waals surface area contributed by atoms with Gasteiger partial charge in [0, 0.05) is 6.07 Å². The summed E-state index contributed by atoms with van der Waals surface area (Å²) in [5.74, 6) is 1.52. The van der Waals surface area contributed by atoms with E-state index in [0.717, 1.165) is 12.3 Å². The molecule has 0 aliphatic carbocycles. The summed E-state index contributed by atoms with van der Waals surface area (Å²) in [6, 6.07) is 4.05. The summed E-state index contributed by atoms with van der Waals surface area (Å²) < 4.78 is 10.7. The average Bonchev–Trinajstić information content (AvgIpc) is 2.54. The molecule has 0 amide bonds. The fourth-order valence-electron chi connectivity index (χ4n) is 1.19. The standard InChI is InChI=1S/C10H17NO2/c1-4-11-8(3)9-6-7-10(13-9)12-5-2/h6-8,11H,4-5H2,1-3H3. The zero-order chi connectivity index (χ0) is 9.68. The van der Waals surface area contributed by atoms with Crippen LogP contribution >= 0.6 is 0 Å². The van der Waals surface area contributed by atoms with E-state index in [0.29, 0.717) is 12.6 Å². The third kappa shape index (κ3) is 2.77. The van der Waals surface area contributed by atoms with Crippen LogP contribution in [0.3, 0.4) is 0 Å². The molecule has 1 N–H and O–H groups in total. The van der Waals surface area contributed by atoms with Gasteiger partial charge in [-0.25, -0.2) is 0 Å². The number of furan rings is 1. The summed E-state index contributed by atoms with van der Waals surface area (Å²) in [5, 5.41) is 3.27. The molecule has 0 fully saturated rings. The van der Waals surface area contributed by atoms with Gasteiger partial charge in [0.25, 0.3) is 5.95 Å². The largest absolute Gasteiger partial charge is 0.465 e. The van der Waals surface area contributed by atoms with Crippen molar-refractivity contribution in [2.45, 2.75) is 26.8 Å². The fourth-order valence-corrected chi connectivity index (χ4v) is 1.19. The Balaban J connectivity index is 2.56. The molecule has 0 aromatic carbocycles. The fraction of sp³-hybridized carbons (Fsp3) is 0.600. The Hall–Kier alpha value is -0.960. The van der Waals surface area contributed by atoms with Gasteiger partial charge >= 0.3 is 0 Å². The Labute approximate surface area is 79.1 Å².